The van der Waals surface area contributed by atoms with Gasteiger partial charge in [-0.15, -0.1) is 0 Å². The highest BCUT2D eigenvalue weighted by molar-refractivity contribution is 5.94. The van der Waals surface area contributed by atoms with E-state index in [2.05, 4.69) is 9.97 Å². The molecular weight excluding hydrogens is 280 g/mol. The fourth-order valence-electron chi connectivity index (χ4n) is 2.41. The van der Waals surface area contributed by atoms with Gasteiger partial charge >= 0.3 is 6.01 Å². The van der Waals surface area contributed by atoms with Crippen LogP contribution in [0.2, 0.25) is 0 Å². The van der Waals surface area contributed by atoms with Crippen LogP contribution >= 0.6 is 0 Å². The van der Waals surface area contributed by atoms with Crippen molar-refractivity contribution in [2.24, 2.45) is 0 Å². The normalized spacial score (nSPS) is 17.0. The second-order valence-electron chi connectivity index (χ2n) is 5.00. The Morgan fingerprint density at radius 1 is 1.32 bits per heavy atom. The highest BCUT2D eigenvalue weighted by Crippen LogP contribution is 2.17. The fraction of sp³-hybridized carbons (Fsp3) is 0.250. The Hall–Kier alpha value is -2.94. The van der Waals surface area contributed by atoms with Gasteiger partial charge in [0.1, 0.15) is 6.10 Å². The molecule has 0 N–H and O–H groups in total. The van der Waals surface area contributed by atoms with Gasteiger partial charge in [-0.25, -0.2) is 9.97 Å². The van der Waals surface area contributed by atoms with Gasteiger partial charge in [-0.2, -0.15) is 5.26 Å². The van der Waals surface area contributed by atoms with E-state index < -0.39 is 0 Å². The van der Waals surface area contributed by atoms with Crippen LogP contribution in [0.3, 0.4) is 0 Å². The third kappa shape index (κ3) is 3.04. The van der Waals surface area contributed by atoms with Gasteiger partial charge in [-0.3, -0.25) is 4.79 Å². The lowest BCUT2D eigenvalue weighted by Crippen LogP contribution is -2.31. The summed E-state index contributed by atoms with van der Waals surface area (Å²) in [4.78, 5) is 22.2. The summed E-state index contributed by atoms with van der Waals surface area (Å²) in [6, 6.07) is 10.8. The van der Waals surface area contributed by atoms with Crippen LogP contribution in [-0.2, 0) is 0 Å². The molecule has 3 rings (SSSR count). The average molecular weight is 294 g/mol. The van der Waals surface area contributed by atoms with Crippen molar-refractivity contribution in [2.45, 2.75) is 12.5 Å². The van der Waals surface area contributed by atoms with Crippen LogP contribution in [0.25, 0.3) is 0 Å². The first-order valence-corrected chi connectivity index (χ1v) is 6.99. The van der Waals surface area contributed by atoms with Crippen molar-refractivity contribution in [3.8, 4) is 12.1 Å². The van der Waals surface area contributed by atoms with Crippen LogP contribution < -0.4 is 4.74 Å². The molecule has 1 fully saturated rings. The largest absolute Gasteiger partial charge is 0.458 e. The van der Waals surface area contributed by atoms with Crippen LogP contribution in [-0.4, -0.2) is 40.0 Å². The van der Waals surface area contributed by atoms with E-state index in [0.717, 1.165) is 6.42 Å². The van der Waals surface area contributed by atoms with Crippen molar-refractivity contribution >= 4 is 5.91 Å². The molecule has 1 saturated heterocycles. The van der Waals surface area contributed by atoms with Gasteiger partial charge < -0.3 is 9.64 Å². The van der Waals surface area contributed by atoms with Crippen LogP contribution in [0.15, 0.2) is 42.7 Å². The van der Waals surface area contributed by atoms with Gasteiger partial charge in [0.15, 0.2) is 0 Å². The zero-order chi connectivity index (χ0) is 15.4. The predicted octanol–water partition coefficient (Wildman–Crippen LogP) is 1.64. The van der Waals surface area contributed by atoms with Gasteiger partial charge in [0.05, 0.1) is 18.2 Å². The van der Waals surface area contributed by atoms with Gasteiger partial charge in [0.25, 0.3) is 5.91 Å². The number of likely N-dealkylation sites (tertiary alicyclic amines) is 1. The standard InChI is InChI=1S/C16H14N4O2/c17-10-12-3-1-4-13(9-12)15(21)20-8-5-14(11-20)22-16-18-6-2-7-19-16/h1-4,6-7,9,14H,5,8,11H2/t14-/m1/s1. The SMILES string of the molecule is N#Cc1cccc(C(=O)N2CC[C@@H](Oc3ncccn3)C2)c1. The average Bonchev–Trinajstić information content (AvgIpc) is 3.03. The molecule has 110 valence electrons. The van der Waals surface area contributed by atoms with Crippen molar-refractivity contribution in [3.63, 3.8) is 0 Å². The minimum Gasteiger partial charge on any atom is -0.458 e. The summed E-state index contributed by atoms with van der Waals surface area (Å²) in [5.74, 6) is -0.0859. The molecule has 22 heavy (non-hydrogen) atoms. The number of carbonyl (C=O) groups excluding carboxylic acids is 1. The summed E-state index contributed by atoms with van der Waals surface area (Å²) in [6.07, 6.45) is 3.87. The Morgan fingerprint density at radius 2 is 2.14 bits per heavy atom. The minimum atomic E-state index is -0.106. The molecular formula is C16H14N4O2. The number of hydrogen-bond acceptors (Lipinski definition) is 5. The number of benzene rings is 1. The molecule has 1 aromatic carbocycles. The number of ether oxygens (including phenoxy) is 1. The van der Waals surface area contributed by atoms with E-state index in [4.69, 9.17) is 10.00 Å². The summed E-state index contributed by atoms with van der Waals surface area (Å²) in [6.45, 7) is 1.11. The van der Waals surface area contributed by atoms with Crippen molar-refractivity contribution < 1.29 is 9.53 Å². The minimum absolute atomic E-state index is 0.0859. The molecule has 2 aromatic rings. The second kappa shape index (κ2) is 6.22. The van der Waals surface area contributed by atoms with Crippen molar-refractivity contribution in [1.29, 1.82) is 5.26 Å². The lowest BCUT2D eigenvalue weighted by Gasteiger charge is -2.16. The Morgan fingerprint density at radius 3 is 2.91 bits per heavy atom. The molecule has 0 unspecified atom stereocenters. The van der Waals surface area contributed by atoms with E-state index in [-0.39, 0.29) is 12.0 Å². The molecule has 2 heterocycles. The lowest BCUT2D eigenvalue weighted by molar-refractivity contribution is 0.0769. The molecule has 0 saturated carbocycles. The Bertz CT molecular complexity index is 712. The maximum absolute atomic E-state index is 12.4. The first kappa shape index (κ1) is 14.0. The van der Waals surface area contributed by atoms with Crippen molar-refractivity contribution in [1.82, 2.24) is 14.9 Å². The summed E-state index contributed by atoms with van der Waals surface area (Å²) in [7, 11) is 0. The Labute approximate surface area is 128 Å². The van der Waals surface area contributed by atoms with E-state index >= 15 is 0 Å². The maximum atomic E-state index is 12.4. The molecule has 1 atom stereocenters. The molecule has 0 aliphatic carbocycles. The lowest BCUT2D eigenvalue weighted by atomic mass is 10.1. The van der Waals surface area contributed by atoms with E-state index in [1.165, 1.54) is 0 Å². The molecule has 0 radical (unpaired) electrons. The molecule has 6 nitrogen and oxygen atoms in total. The number of carbonyl (C=O) groups is 1. The third-order valence-corrected chi connectivity index (χ3v) is 3.49. The molecule has 1 amide bonds. The number of amides is 1. The number of nitrogens with zero attached hydrogens (tertiary/aromatic N) is 4. The van der Waals surface area contributed by atoms with E-state index in [9.17, 15) is 4.79 Å². The number of hydrogen-bond donors (Lipinski definition) is 0. The van der Waals surface area contributed by atoms with Gasteiger partial charge in [0, 0.05) is 30.9 Å². The summed E-state index contributed by atoms with van der Waals surface area (Å²) in [5.41, 5.74) is 1.01. The van der Waals surface area contributed by atoms with Crippen LogP contribution in [0.5, 0.6) is 6.01 Å². The summed E-state index contributed by atoms with van der Waals surface area (Å²) >= 11 is 0. The zero-order valence-electron chi connectivity index (χ0n) is 11.8. The molecule has 1 aromatic heterocycles. The summed E-state index contributed by atoms with van der Waals surface area (Å²) < 4.78 is 5.67. The zero-order valence-corrected chi connectivity index (χ0v) is 11.8. The smallest absolute Gasteiger partial charge is 0.316 e. The van der Waals surface area contributed by atoms with E-state index in [1.54, 1.807) is 47.6 Å². The Balaban J connectivity index is 1.64. The highest BCUT2D eigenvalue weighted by Gasteiger charge is 2.28. The highest BCUT2D eigenvalue weighted by atomic mass is 16.5. The number of aromatic nitrogens is 2. The fourth-order valence-corrected chi connectivity index (χ4v) is 2.41. The van der Waals surface area contributed by atoms with E-state index in [1.807, 2.05) is 6.07 Å². The quantitative estimate of drug-likeness (QED) is 0.860. The second-order valence-corrected chi connectivity index (χ2v) is 5.00. The van der Waals surface area contributed by atoms with Crippen LogP contribution in [0.1, 0.15) is 22.3 Å². The third-order valence-electron chi connectivity index (χ3n) is 3.49. The topological polar surface area (TPSA) is 79.1 Å². The van der Waals surface area contributed by atoms with Gasteiger partial charge in [0.2, 0.25) is 0 Å². The first-order chi connectivity index (χ1) is 10.8. The van der Waals surface area contributed by atoms with Crippen molar-refractivity contribution in [2.75, 3.05) is 13.1 Å². The predicted molar refractivity (Wildman–Crippen MR) is 78.1 cm³/mol. The first-order valence-electron chi connectivity index (χ1n) is 6.99. The van der Waals surface area contributed by atoms with E-state index in [0.29, 0.717) is 30.2 Å². The summed E-state index contributed by atoms with van der Waals surface area (Å²) in [5, 5.41) is 8.91. The molecule has 0 bridgehead atoms. The number of nitriles is 1. The number of rotatable bonds is 3. The van der Waals surface area contributed by atoms with Crippen LogP contribution in [0.4, 0.5) is 0 Å². The van der Waals surface area contributed by atoms with Gasteiger partial charge in [-0.1, -0.05) is 6.07 Å². The van der Waals surface area contributed by atoms with Crippen LogP contribution in [0, 0.1) is 11.3 Å². The Kier molecular flexibility index (Phi) is 3.97. The molecule has 6 heteroatoms. The molecule has 0 spiro atoms. The molecule has 1 aliphatic heterocycles. The van der Waals surface area contributed by atoms with Crippen molar-refractivity contribution in [3.05, 3.63) is 53.9 Å². The maximum Gasteiger partial charge on any atom is 0.316 e. The monoisotopic (exact) mass is 294 g/mol. The molecule has 1 aliphatic rings. The van der Waals surface area contributed by atoms with Gasteiger partial charge in [-0.05, 0) is 24.3 Å².